The predicted octanol–water partition coefficient (Wildman–Crippen LogP) is 5.35. The van der Waals surface area contributed by atoms with Crippen molar-refractivity contribution in [3.8, 4) is 0 Å². The van der Waals surface area contributed by atoms with E-state index in [2.05, 4.69) is 0 Å². The Kier molecular flexibility index (Phi) is 6.64. The van der Waals surface area contributed by atoms with E-state index in [1.807, 2.05) is 6.92 Å². The van der Waals surface area contributed by atoms with E-state index in [0.717, 1.165) is 11.1 Å². The van der Waals surface area contributed by atoms with Crippen LogP contribution in [0.15, 0.2) is 36.4 Å². The summed E-state index contributed by atoms with van der Waals surface area (Å²) in [7, 11) is 1.61. The third kappa shape index (κ3) is 5.77. The number of amides is 1. The highest BCUT2D eigenvalue weighted by atomic mass is 35.5. The molecule has 2 aromatic carbocycles. The van der Waals surface area contributed by atoms with Gasteiger partial charge in [-0.25, -0.2) is 4.79 Å². The number of Topliss-reactive ketones (excluding diaryl/α,β-unsaturated/α-hetero) is 1. The van der Waals surface area contributed by atoms with Crippen molar-refractivity contribution in [2.75, 3.05) is 11.9 Å². The predicted molar refractivity (Wildman–Crippen MR) is 112 cm³/mol. The molecule has 154 valence electrons. The van der Waals surface area contributed by atoms with Crippen molar-refractivity contribution in [1.29, 1.82) is 0 Å². The van der Waals surface area contributed by atoms with Crippen LogP contribution in [-0.4, -0.2) is 29.4 Å². The number of ether oxygens (including phenoxy) is 1. The van der Waals surface area contributed by atoms with Crippen molar-refractivity contribution in [2.24, 2.45) is 0 Å². The van der Waals surface area contributed by atoms with Gasteiger partial charge in [-0.1, -0.05) is 17.7 Å². The lowest BCUT2D eigenvalue weighted by Gasteiger charge is -2.25. The first kappa shape index (κ1) is 22.4. The number of carbonyl (C=O) groups excluding carboxylic acids is 2. The van der Waals surface area contributed by atoms with Gasteiger partial charge in [0.05, 0.1) is 9.95 Å². The fourth-order valence-electron chi connectivity index (χ4n) is 2.63. The molecule has 0 saturated carbocycles. The summed E-state index contributed by atoms with van der Waals surface area (Å²) in [5, 5.41) is 11.1. The van der Waals surface area contributed by atoms with Crippen LogP contribution < -0.4 is 4.90 Å². The molecule has 0 spiro atoms. The molecule has 0 N–H and O–H groups in total. The normalized spacial score (nSPS) is 11.1. The Balaban J connectivity index is 2.21. The first-order valence-corrected chi connectivity index (χ1v) is 9.30. The summed E-state index contributed by atoms with van der Waals surface area (Å²) in [6.45, 7) is 7.19. The third-order valence-corrected chi connectivity index (χ3v) is 4.52. The molecule has 0 aromatic heterocycles. The number of ketones is 1. The molecule has 0 saturated heterocycles. The van der Waals surface area contributed by atoms with E-state index in [1.165, 1.54) is 23.1 Å². The number of carbonyl (C=O) groups is 2. The van der Waals surface area contributed by atoms with E-state index in [4.69, 9.17) is 16.3 Å². The molecule has 29 heavy (non-hydrogen) atoms. The molecule has 0 heterocycles. The van der Waals surface area contributed by atoms with Crippen molar-refractivity contribution >= 4 is 34.9 Å². The molecule has 0 atom stereocenters. The summed E-state index contributed by atoms with van der Waals surface area (Å²) in [6.07, 6.45) is -0.451. The van der Waals surface area contributed by atoms with Gasteiger partial charge in [0.25, 0.3) is 5.69 Å². The van der Waals surface area contributed by atoms with Gasteiger partial charge in [0.15, 0.2) is 5.78 Å². The van der Waals surface area contributed by atoms with Gasteiger partial charge >= 0.3 is 6.09 Å². The Morgan fingerprint density at radius 3 is 2.38 bits per heavy atom. The summed E-state index contributed by atoms with van der Waals surface area (Å²) in [5.41, 5.74) is 1.47. The van der Waals surface area contributed by atoms with E-state index in [9.17, 15) is 19.7 Å². The van der Waals surface area contributed by atoms with Crippen LogP contribution in [0.1, 0.15) is 42.3 Å². The lowest BCUT2D eigenvalue weighted by Crippen LogP contribution is -2.34. The molecule has 7 nitrogen and oxygen atoms in total. The number of nitro benzene ring substituents is 1. The first-order valence-electron chi connectivity index (χ1n) is 8.92. The average molecular weight is 419 g/mol. The summed E-state index contributed by atoms with van der Waals surface area (Å²) in [6, 6.07) is 9.03. The molecule has 0 fully saturated rings. The second-order valence-electron chi connectivity index (χ2n) is 7.67. The van der Waals surface area contributed by atoms with E-state index >= 15 is 0 Å². The number of rotatable bonds is 5. The van der Waals surface area contributed by atoms with Gasteiger partial charge in [-0.15, -0.1) is 0 Å². The summed E-state index contributed by atoms with van der Waals surface area (Å²) in [5.74, 6) is -0.324. The minimum atomic E-state index is -0.607. The molecule has 0 aliphatic carbocycles. The van der Waals surface area contributed by atoms with Gasteiger partial charge in [-0.05, 0) is 57.0 Å². The second kappa shape index (κ2) is 8.61. The van der Waals surface area contributed by atoms with E-state index in [-0.39, 0.29) is 28.5 Å². The van der Waals surface area contributed by atoms with Gasteiger partial charge in [0.1, 0.15) is 5.60 Å². The lowest BCUT2D eigenvalue weighted by molar-refractivity contribution is -0.384. The van der Waals surface area contributed by atoms with Gasteiger partial charge in [0, 0.05) is 36.9 Å². The zero-order chi connectivity index (χ0) is 21.9. The summed E-state index contributed by atoms with van der Waals surface area (Å²) in [4.78, 5) is 36.6. The first-order chi connectivity index (χ1) is 13.4. The van der Waals surface area contributed by atoms with E-state index in [0.29, 0.717) is 5.69 Å². The van der Waals surface area contributed by atoms with E-state index < -0.39 is 16.6 Å². The van der Waals surface area contributed by atoms with Crippen molar-refractivity contribution in [1.82, 2.24) is 0 Å². The molecule has 2 rings (SSSR count). The number of non-ortho nitro benzene ring substituents is 1. The maximum Gasteiger partial charge on any atom is 0.414 e. The minimum absolute atomic E-state index is 0.0309. The van der Waals surface area contributed by atoms with Gasteiger partial charge in [0.2, 0.25) is 0 Å². The van der Waals surface area contributed by atoms with Crippen LogP contribution in [-0.2, 0) is 11.2 Å². The second-order valence-corrected chi connectivity index (χ2v) is 8.08. The summed E-state index contributed by atoms with van der Waals surface area (Å²) < 4.78 is 5.35. The van der Waals surface area contributed by atoms with Crippen molar-refractivity contribution in [2.45, 2.75) is 39.7 Å². The smallest absolute Gasteiger partial charge is 0.414 e. The largest absolute Gasteiger partial charge is 0.443 e. The number of aryl methyl sites for hydroxylation is 1. The van der Waals surface area contributed by atoms with Crippen molar-refractivity contribution in [3.05, 3.63) is 68.2 Å². The number of halogens is 1. The quantitative estimate of drug-likeness (QED) is 0.370. The van der Waals surface area contributed by atoms with Gasteiger partial charge in [-0.3, -0.25) is 19.8 Å². The number of nitrogens with zero attached hydrogens (tertiary/aromatic N) is 2. The fourth-order valence-corrected chi connectivity index (χ4v) is 2.85. The molecular formula is C21H23ClN2O5. The Hall–Kier alpha value is -2.93. The van der Waals surface area contributed by atoms with Crippen LogP contribution in [0.4, 0.5) is 16.2 Å². The van der Waals surface area contributed by atoms with Crippen LogP contribution in [0.3, 0.4) is 0 Å². The van der Waals surface area contributed by atoms with Gasteiger partial charge < -0.3 is 4.74 Å². The number of nitro groups is 1. The third-order valence-electron chi connectivity index (χ3n) is 4.19. The Morgan fingerprint density at radius 1 is 1.17 bits per heavy atom. The highest BCUT2D eigenvalue weighted by Gasteiger charge is 2.21. The maximum absolute atomic E-state index is 12.7. The van der Waals surface area contributed by atoms with Crippen LogP contribution in [0.2, 0.25) is 5.02 Å². The molecule has 2 aromatic rings. The Bertz CT molecular complexity index is 966. The van der Waals surface area contributed by atoms with Crippen LogP contribution in [0, 0.1) is 17.0 Å². The molecule has 0 bridgehead atoms. The number of benzene rings is 2. The maximum atomic E-state index is 12.7. The van der Waals surface area contributed by atoms with Crippen LogP contribution in [0.25, 0.3) is 0 Å². The molecule has 0 unspecified atom stereocenters. The van der Waals surface area contributed by atoms with Gasteiger partial charge in [-0.2, -0.15) is 0 Å². The van der Waals surface area contributed by atoms with Crippen molar-refractivity contribution in [3.63, 3.8) is 0 Å². The highest BCUT2D eigenvalue weighted by molar-refractivity contribution is 6.34. The summed E-state index contributed by atoms with van der Waals surface area (Å²) >= 11 is 6.05. The zero-order valence-electron chi connectivity index (χ0n) is 17.0. The molecule has 1 amide bonds. The Morgan fingerprint density at radius 2 is 1.83 bits per heavy atom. The topological polar surface area (TPSA) is 89.8 Å². The number of anilines is 1. The zero-order valence-corrected chi connectivity index (χ0v) is 17.7. The van der Waals surface area contributed by atoms with Crippen molar-refractivity contribution < 1.29 is 19.2 Å². The SMILES string of the molecule is Cc1cc(N(C)C(=O)OC(C)(C)C)ccc1CC(=O)c1cc([N+](=O)[O-])ccc1Cl. The number of hydrogen-bond donors (Lipinski definition) is 0. The van der Waals surface area contributed by atoms with Crippen LogP contribution in [0.5, 0.6) is 0 Å². The number of hydrogen-bond acceptors (Lipinski definition) is 5. The molecule has 0 aliphatic heterocycles. The molecule has 8 heteroatoms. The molecule has 0 radical (unpaired) electrons. The molecule has 0 aliphatic rings. The lowest BCUT2D eigenvalue weighted by atomic mass is 9.98. The Labute approximate surface area is 174 Å². The molecular weight excluding hydrogens is 396 g/mol. The highest BCUT2D eigenvalue weighted by Crippen LogP contribution is 2.26. The van der Waals surface area contributed by atoms with Crippen LogP contribution >= 0.6 is 11.6 Å². The fraction of sp³-hybridized carbons (Fsp3) is 0.333. The minimum Gasteiger partial charge on any atom is -0.443 e. The standard InChI is InChI=1S/C21H23ClN2O5/c1-13-10-15(23(5)20(26)29-21(2,3)4)7-6-14(13)11-19(25)17-12-16(24(27)28)8-9-18(17)22/h6-10,12H,11H2,1-5H3. The average Bonchev–Trinajstić information content (AvgIpc) is 2.61. The monoisotopic (exact) mass is 418 g/mol. The van der Waals surface area contributed by atoms with E-state index in [1.54, 1.807) is 46.0 Å².